The number of hydrogen-bond donors (Lipinski definition) is 1. The summed E-state index contributed by atoms with van der Waals surface area (Å²) in [6.45, 7) is 2.68. The number of thiophene rings is 1. The topological polar surface area (TPSA) is 36.4 Å². The van der Waals surface area contributed by atoms with Gasteiger partial charge in [-0.3, -0.25) is 0 Å². The summed E-state index contributed by atoms with van der Waals surface area (Å²) < 4.78 is 0. The maximum atomic E-state index is 9.92. The maximum Gasteiger partial charge on any atom is 0.134 e. The fourth-order valence-corrected chi connectivity index (χ4v) is 2.98. The van der Waals surface area contributed by atoms with Crippen molar-refractivity contribution in [3.05, 3.63) is 46.3 Å². The molecule has 100 valence electrons. The Morgan fingerprint density at radius 1 is 1.47 bits per heavy atom. The van der Waals surface area contributed by atoms with Gasteiger partial charge in [0.15, 0.2) is 0 Å². The van der Waals surface area contributed by atoms with Crippen molar-refractivity contribution in [2.45, 2.75) is 38.5 Å². The van der Waals surface area contributed by atoms with Gasteiger partial charge in [-0.25, -0.2) is 4.98 Å². The molecule has 0 unspecified atom stereocenters. The second-order valence-electron chi connectivity index (χ2n) is 5.08. The number of anilines is 1. The highest BCUT2D eigenvalue weighted by Gasteiger charge is 2.31. The predicted molar refractivity (Wildman–Crippen MR) is 78.4 cm³/mol. The van der Waals surface area contributed by atoms with E-state index in [1.54, 1.807) is 18.3 Å². The summed E-state index contributed by atoms with van der Waals surface area (Å²) in [4.78, 5) is 6.85. The van der Waals surface area contributed by atoms with E-state index in [4.69, 9.17) is 0 Å². The van der Waals surface area contributed by atoms with E-state index in [0.29, 0.717) is 6.04 Å². The highest BCUT2D eigenvalue weighted by molar-refractivity contribution is 7.07. The van der Waals surface area contributed by atoms with Crippen LogP contribution < -0.4 is 4.90 Å². The minimum absolute atomic E-state index is 0.479. The first-order valence-electron chi connectivity index (χ1n) is 6.66. The molecule has 0 spiro atoms. The van der Waals surface area contributed by atoms with Crippen molar-refractivity contribution in [1.82, 2.24) is 4.98 Å². The molecule has 2 heterocycles. The van der Waals surface area contributed by atoms with Gasteiger partial charge in [-0.15, -0.1) is 0 Å². The standard InChI is InChI=1S/C15H18N2OS/c1-11(18)14-3-2-7-16-15(14)17(13-4-5-13)9-12-6-8-19-10-12/h2-3,6-8,10-11,13,18H,4-5,9H2,1H3/t11-/m0/s1. The first kappa shape index (κ1) is 12.6. The van der Waals surface area contributed by atoms with Crippen LogP contribution >= 0.6 is 11.3 Å². The predicted octanol–water partition coefficient (Wildman–Crippen LogP) is 3.37. The molecule has 1 saturated carbocycles. The fourth-order valence-electron chi connectivity index (χ4n) is 2.32. The third-order valence-electron chi connectivity index (χ3n) is 3.46. The molecule has 3 nitrogen and oxygen atoms in total. The monoisotopic (exact) mass is 274 g/mol. The van der Waals surface area contributed by atoms with Crippen molar-refractivity contribution in [3.63, 3.8) is 0 Å². The average Bonchev–Trinajstić information content (AvgIpc) is 3.13. The summed E-state index contributed by atoms with van der Waals surface area (Å²) in [5.41, 5.74) is 2.24. The molecular formula is C15H18N2OS. The normalized spacial score (nSPS) is 16.3. The van der Waals surface area contributed by atoms with Crippen molar-refractivity contribution in [2.24, 2.45) is 0 Å². The molecule has 0 radical (unpaired) electrons. The summed E-state index contributed by atoms with van der Waals surface area (Å²) in [5, 5.41) is 14.2. The number of aromatic nitrogens is 1. The first-order chi connectivity index (χ1) is 9.25. The molecule has 4 heteroatoms. The lowest BCUT2D eigenvalue weighted by atomic mass is 10.1. The van der Waals surface area contributed by atoms with Crippen LogP contribution in [0.2, 0.25) is 0 Å². The van der Waals surface area contributed by atoms with Crippen LogP contribution in [0.1, 0.15) is 37.0 Å². The van der Waals surface area contributed by atoms with Crippen molar-refractivity contribution in [3.8, 4) is 0 Å². The second-order valence-corrected chi connectivity index (χ2v) is 5.86. The van der Waals surface area contributed by atoms with E-state index in [-0.39, 0.29) is 0 Å². The van der Waals surface area contributed by atoms with Gasteiger partial charge >= 0.3 is 0 Å². The van der Waals surface area contributed by atoms with Gasteiger partial charge in [-0.05, 0) is 48.2 Å². The smallest absolute Gasteiger partial charge is 0.134 e. The number of hydrogen-bond acceptors (Lipinski definition) is 4. The number of nitrogens with zero attached hydrogens (tertiary/aromatic N) is 2. The van der Waals surface area contributed by atoms with E-state index in [0.717, 1.165) is 17.9 Å². The number of rotatable bonds is 5. The Morgan fingerprint density at radius 3 is 2.95 bits per heavy atom. The third kappa shape index (κ3) is 2.80. The van der Waals surface area contributed by atoms with Crippen molar-refractivity contribution in [1.29, 1.82) is 0 Å². The molecule has 1 fully saturated rings. The van der Waals surface area contributed by atoms with Gasteiger partial charge < -0.3 is 10.0 Å². The zero-order valence-electron chi connectivity index (χ0n) is 11.0. The Morgan fingerprint density at radius 2 is 2.32 bits per heavy atom. The van der Waals surface area contributed by atoms with Gasteiger partial charge in [0, 0.05) is 24.3 Å². The quantitative estimate of drug-likeness (QED) is 0.908. The van der Waals surface area contributed by atoms with Crippen LogP contribution in [-0.2, 0) is 6.54 Å². The summed E-state index contributed by atoms with van der Waals surface area (Å²) >= 11 is 1.72. The Labute approximate surface area is 117 Å². The van der Waals surface area contributed by atoms with E-state index in [1.807, 2.05) is 18.3 Å². The van der Waals surface area contributed by atoms with E-state index in [2.05, 4.69) is 26.7 Å². The first-order valence-corrected chi connectivity index (χ1v) is 7.60. The van der Waals surface area contributed by atoms with Crippen LogP contribution in [0, 0.1) is 0 Å². The SMILES string of the molecule is C[C@H](O)c1cccnc1N(Cc1ccsc1)C1CC1. The van der Waals surface area contributed by atoms with Crippen LogP contribution in [0.4, 0.5) is 5.82 Å². The zero-order chi connectivity index (χ0) is 13.2. The highest BCUT2D eigenvalue weighted by atomic mass is 32.1. The third-order valence-corrected chi connectivity index (χ3v) is 4.19. The lowest BCUT2D eigenvalue weighted by molar-refractivity contribution is 0.199. The van der Waals surface area contributed by atoms with Gasteiger partial charge in [-0.1, -0.05) is 6.07 Å². The molecule has 0 aliphatic heterocycles. The average molecular weight is 274 g/mol. The Balaban J connectivity index is 1.92. The number of aliphatic hydroxyl groups excluding tert-OH is 1. The Kier molecular flexibility index (Phi) is 3.53. The van der Waals surface area contributed by atoms with E-state index >= 15 is 0 Å². The Bertz CT molecular complexity index is 535. The molecule has 0 amide bonds. The minimum Gasteiger partial charge on any atom is -0.389 e. The van der Waals surface area contributed by atoms with Crippen LogP contribution in [0.3, 0.4) is 0 Å². The van der Waals surface area contributed by atoms with Gasteiger partial charge in [0.25, 0.3) is 0 Å². The highest BCUT2D eigenvalue weighted by Crippen LogP contribution is 2.35. The van der Waals surface area contributed by atoms with Gasteiger partial charge in [-0.2, -0.15) is 11.3 Å². The summed E-state index contributed by atoms with van der Waals surface area (Å²) in [5.74, 6) is 0.936. The van der Waals surface area contributed by atoms with Gasteiger partial charge in [0.2, 0.25) is 0 Å². The van der Waals surface area contributed by atoms with E-state index in [1.165, 1.54) is 18.4 Å². The molecule has 1 atom stereocenters. The molecule has 1 aliphatic rings. The minimum atomic E-state index is -0.479. The van der Waals surface area contributed by atoms with E-state index < -0.39 is 6.10 Å². The molecular weight excluding hydrogens is 256 g/mol. The maximum absolute atomic E-state index is 9.92. The summed E-state index contributed by atoms with van der Waals surface area (Å²) in [6, 6.07) is 6.59. The van der Waals surface area contributed by atoms with Crippen LogP contribution in [-0.4, -0.2) is 16.1 Å². The van der Waals surface area contributed by atoms with Crippen molar-refractivity contribution in [2.75, 3.05) is 4.90 Å². The van der Waals surface area contributed by atoms with Crippen molar-refractivity contribution >= 4 is 17.2 Å². The lowest BCUT2D eigenvalue weighted by Gasteiger charge is -2.26. The molecule has 0 bridgehead atoms. The van der Waals surface area contributed by atoms with Gasteiger partial charge in [0.1, 0.15) is 5.82 Å². The Hall–Kier alpha value is -1.39. The molecule has 0 saturated heterocycles. The number of pyridine rings is 1. The van der Waals surface area contributed by atoms with E-state index in [9.17, 15) is 5.11 Å². The molecule has 1 aliphatic carbocycles. The molecule has 2 aromatic heterocycles. The summed E-state index contributed by atoms with van der Waals surface area (Å²) in [7, 11) is 0. The molecule has 2 aromatic rings. The van der Waals surface area contributed by atoms with Crippen molar-refractivity contribution < 1.29 is 5.11 Å². The largest absolute Gasteiger partial charge is 0.389 e. The summed E-state index contributed by atoms with van der Waals surface area (Å²) in [6.07, 6.45) is 3.77. The number of aliphatic hydroxyl groups is 1. The molecule has 0 aromatic carbocycles. The van der Waals surface area contributed by atoms with Crippen LogP contribution in [0.25, 0.3) is 0 Å². The van der Waals surface area contributed by atoms with Gasteiger partial charge in [0.05, 0.1) is 6.10 Å². The molecule has 3 rings (SSSR count). The molecule has 19 heavy (non-hydrogen) atoms. The zero-order valence-corrected chi connectivity index (χ0v) is 11.8. The second kappa shape index (κ2) is 5.31. The lowest BCUT2D eigenvalue weighted by Crippen LogP contribution is -2.27. The van der Waals surface area contributed by atoms with Crippen LogP contribution in [0.5, 0.6) is 0 Å². The van der Waals surface area contributed by atoms with Crippen LogP contribution in [0.15, 0.2) is 35.2 Å². The fraction of sp³-hybridized carbons (Fsp3) is 0.400. The molecule has 1 N–H and O–H groups in total.